The molecule has 1 aromatic carbocycles. The molecular weight excluding hydrogens is 308 g/mol. The van der Waals surface area contributed by atoms with Gasteiger partial charge in [-0.25, -0.2) is 0 Å². The van der Waals surface area contributed by atoms with Gasteiger partial charge >= 0.3 is 0 Å². The molecule has 3 rings (SSSR count). The Labute approximate surface area is 145 Å². The topological polar surface area (TPSA) is 55.1 Å². The molecule has 2 unspecified atom stereocenters. The summed E-state index contributed by atoms with van der Waals surface area (Å²) in [6.45, 7) is 2.12. The van der Waals surface area contributed by atoms with Crippen LogP contribution in [0.15, 0.2) is 24.3 Å². The van der Waals surface area contributed by atoms with Crippen LogP contribution in [0, 0.1) is 12.8 Å². The van der Waals surface area contributed by atoms with Gasteiger partial charge in [-0.15, -0.1) is 12.4 Å². The molecular formula is C19H29ClN2O. The van der Waals surface area contributed by atoms with Crippen molar-refractivity contribution in [2.24, 2.45) is 11.7 Å². The van der Waals surface area contributed by atoms with Gasteiger partial charge in [0.2, 0.25) is 5.91 Å². The van der Waals surface area contributed by atoms with Crippen molar-refractivity contribution in [2.45, 2.75) is 69.9 Å². The van der Waals surface area contributed by atoms with E-state index in [-0.39, 0.29) is 35.8 Å². The van der Waals surface area contributed by atoms with Gasteiger partial charge in [0.25, 0.3) is 0 Å². The average Bonchev–Trinajstić information content (AvgIpc) is 2.97. The lowest BCUT2D eigenvalue weighted by Crippen LogP contribution is -2.48. The molecule has 2 saturated carbocycles. The van der Waals surface area contributed by atoms with E-state index in [2.05, 4.69) is 36.5 Å². The first kappa shape index (κ1) is 18.3. The minimum absolute atomic E-state index is 0. The number of carbonyl (C=O) groups excluding carboxylic acids is 1. The van der Waals surface area contributed by atoms with Crippen molar-refractivity contribution >= 4 is 18.3 Å². The summed E-state index contributed by atoms with van der Waals surface area (Å²) in [4.78, 5) is 12.8. The number of amides is 1. The van der Waals surface area contributed by atoms with E-state index in [1.165, 1.54) is 24.0 Å². The van der Waals surface area contributed by atoms with Gasteiger partial charge in [0.15, 0.2) is 0 Å². The Morgan fingerprint density at radius 3 is 2.61 bits per heavy atom. The van der Waals surface area contributed by atoms with Crippen LogP contribution >= 0.6 is 12.4 Å². The summed E-state index contributed by atoms with van der Waals surface area (Å²) in [7, 11) is 0. The molecule has 3 nitrogen and oxygen atoms in total. The molecule has 23 heavy (non-hydrogen) atoms. The highest BCUT2D eigenvalue weighted by Gasteiger charge is 2.39. The van der Waals surface area contributed by atoms with Gasteiger partial charge in [-0.2, -0.15) is 0 Å². The summed E-state index contributed by atoms with van der Waals surface area (Å²) < 4.78 is 0. The number of aryl methyl sites for hydroxylation is 1. The van der Waals surface area contributed by atoms with Crippen LogP contribution in [-0.4, -0.2) is 11.9 Å². The monoisotopic (exact) mass is 336 g/mol. The molecule has 0 aliphatic heterocycles. The highest BCUT2D eigenvalue weighted by molar-refractivity contribution is 5.85. The molecule has 0 aromatic heterocycles. The lowest BCUT2D eigenvalue weighted by Gasteiger charge is -2.35. The SMILES string of the molecule is Cc1cccc(C2(NC(=O)C3CCCC(N)C3)CCCC2)c1.Cl. The van der Waals surface area contributed by atoms with Crippen LogP contribution < -0.4 is 11.1 Å². The quantitative estimate of drug-likeness (QED) is 0.881. The second-order valence-electron chi connectivity index (χ2n) is 7.27. The standard InChI is InChI=1S/C19H28N2O.ClH/c1-14-6-4-8-16(12-14)19(10-2-3-11-19)21-18(22)15-7-5-9-17(20)13-15;/h4,6,8,12,15,17H,2-3,5,7,9-11,13,20H2,1H3,(H,21,22);1H. The molecule has 2 fully saturated rings. The van der Waals surface area contributed by atoms with Crippen molar-refractivity contribution < 1.29 is 4.79 Å². The minimum Gasteiger partial charge on any atom is -0.346 e. The third kappa shape index (κ3) is 4.07. The lowest BCUT2D eigenvalue weighted by molar-refractivity contribution is -0.128. The van der Waals surface area contributed by atoms with Crippen molar-refractivity contribution in [3.05, 3.63) is 35.4 Å². The molecule has 2 aliphatic rings. The fourth-order valence-corrected chi connectivity index (χ4v) is 4.21. The second-order valence-corrected chi connectivity index (χ2v) is 7.27. The van der Waals surface area contributed by atoms with Gasteiger partial charge in [-0.05, 0) is 44.6 Å². The Balaban J connectivity index is 0.00000192. The molecule has 128 valence electrons. The van der Waals surface area contributed by atoms with Crippen LogP contribution in [0.1, 0.15) is 62.5 Å². The molecule has 0 bridgehead atoms. The van der Waals surface area contributed by atoms with Crippen molar-refractivity contribution in [2.75, 3.05) is 0 Å². The normalized spacial score (nSPS) is 26.3. The van der Waals surface area contributed by atoms with Gasteiger partial charge in [0.05, 0.1) is 5.54 Å². The zero-order chi connectivity index (χ0) is 15.6. The zero-order valence-electron chi connectivity index (χ0n) is 14.0. The highest BCUT2D eigenvalue weighted by atomic mass is 35.5. The summed E-state index contributed by atoms with van der Waals surface area (Å²) in [6.07, 6.45) is 8.47. The van der Waals surface area contributed by atoms with Crippen LogP contribution in [0.3, 0.4) is 0 Å². The van der Waals surface area contributed by atoms with E-state index in [9.17, 15) is 4.79 Å². The molecule has 0 heterocycles. The Morgan fingerprint density at radius 2 is 1.96 bits per heavy atom. The molecule has 1 aromatic rings. The van der Waals surface area contributed by atoms with Crippen molar-refractivity contribution in [1.82, 2.24) is 5.32 Å². The predicted octanol–water partition coefficient (Wildman–Crippen LogP) is 3.82. The van der Waals surface area contributed by atoms with E-state index in [0.717, 1.165) is 38.5 Å². The first-order valence-electron chi connectivity index (χ1n) is 8.74. The summed E-state index contributed by atoms with van der Waals surface area (Å²) >= 11 is 0. The molecule has 4 heteroatoms. The number of benzene rings is 1. The molecule has 2 aliphatic carbocycles. The average molecular weight is 337 g/mol. The van der Waals surface area contributed by atoms with Gasteiger partial charge in [-0.1, -0.05) is 49.1 Å². The first-order valence-corrected chi connectivity index (χ1v) is 8.74. The fourth-order valence-electron chi connectivity index (χ4n) is 4.21. The Kier molecular flexibility index (Phi) is 6.10. The number of rotatable bonds is 3. The smallest absolute Gasteiger partial charge is 0.223 e. The predicted molar refractivity (Wildman–Crippen MR) is 96.6 cm³/mol. The highest BCUT2D eigenvalue weighted by Crippen LogP contribution is 2.39. The van der Waals surface area contributed by atoms with Crippen molar-refractivity contribution in [1.29, 1.82) is 0 Å². The number of hydrogen-bond donors (Lipinski definition) is 2. The van der Waals surface area contributed by atoms with Crippen LogP contribution in [0.4, 0.5) is 0 Å². The Morgan fingerprint density at radius 1 is 1.22 bits per heavy atom. The maximum absolute atomic E-state index is 12.8. The second kappa shape index (κ2) is 7.67. The van der Waals surface area contributed by atoms with E-state index in [4.69, 9.17) is 5.73 Å². The number of carbonyl (C=O) groups is 1. The van der Waals surface area contributed by atoms with Gasteiger partial charge in [-0.3, -0.25) is 4.79 Å². The molecule has 1 amide bonds. The first-order chi connectivity index (χ1) is 10.6. The molecule has 0 spiro atoms. The largest absolute Gasteiger partial charge is 0.346 e. The molecule has 3 N–H and O–H groups in total. The van der Waals surface area contributed by atoms with Gasteiger partial charge in [0, 0.05) is 12.0 Å². The summed E-state index contributed by atoms with van der Waals surface area (Å²) in [6, 6.07) is 8.83. The number of nitrogens with two attached hydrogens (primary N) is 1. The van der Waals surface area contributed by atoms with Gasteiger partial charge in [0.1, 0.15) is 0 Å². The number of hydrogen-bond acceptors (Lipinski definition) is 2. The maximum Gasteiger partial charge on any atom is 0.223 e. The molecule has 0 saturated heterocycles. The number of halogens is 1. The zero-order valence-corrected chi connectivity index (χ0v) is 14.8. The summed E-state index contributed by atoms with van der Waals surface area (Å²) in [5.41, 5.74) is 8.44. The third-order valence-electron chi connectivity index (χ3n) is 5.48. The Hall–Kier alpha value is -1.06. The lowest BCUT2D eigenvalue weighted by atomic mass is 9.83. The Bertz CT molecular complexity index is 540. The van der Waals surface area contributed by atoms with E-state index in [1.807, 2.05) is 0 Å². The van der Waals surface area contributed by atoms with E-state index < -0.39 is 0 Å². The fraction of sp³-hybridized carbons (Fsp3) is 0.632. The van der Waals surface area contributed by atoms with E-state index >= 15 is 0 Å². The maximum atomic E-state index is 12.8. The summed E-state index contributed by atoms with van der Waals surface area (Å²) in [5, 5.41) is 3.43. The molecule has 2 atom stereocenters. The molecule has 0 radical (unpaired) electrons. The van der Waals surface area contributed by atoms with Crippen LogP contribution in [0.5, 0.6) is 0 Å². The van der Waals surface area contributed by atoms with Crippen LogP contribution in [0.25, 0.3) is 0 Å². The third-order valence-corrected chi connectivity index (χ3v) is 5.48. The van der Waals surface area contributed by atoms with Crippen molar-refractivity contribution in [3.8, 4) is 0 Å². The number of nitrogens with one attached hydrogen (secondary N) is 1. The van der Waals surface area contributed by atoms with Gasteiger partial charge < -0.3 is 11.1 Å². The minimum atomic E-state index is -0.148. The van der Waals surface area contributed by atoms with E-state index in [0.29, 0.717) is 0 Å². The van der Waals surface area contributed by atoms with Crippen LogP contribution in [0.2, 0.25) is 0 Å². The van der Waals surface area contributed by atoms with Crippen molar-refractivity contribution in [3.63, 3.8) is 0 Å². The summed E-state index contributed by atoms with van der Waals surface area (Å²) in [5.74, 6) is 0.324. The van der Waals surface area contributed by atoms with E-state index in [1.54, 1.807) is 0 Å². The van der Waals surface area contributed by atoms with Crippen LogP contribution in [-0.2, 0) is 10.3 Å².